The zero-order valence-corrected chi connectivity index (χ0v) is 11.7. The van der Waals surface area contributed by atoms with Crippen molar-refractivity contribution in [1.29, 1.82) is 0 Å². The molecule has 0 amide bonds. The summed E-state index contributed by atoms with van der Waals surface area (Å²) in [5.41, 5.74) is -0.199. The second kappa shape index (κ2) is 5.51. The molecule has 7 heteroatoms. The summed E-state index contributed by atoms with van der Waals surface area (Å²) in [5, 5.41) is 18.0. The normalized spacial score (nSPS) is 17.4. The van der Waals surface area contributed by atoms with E-state index >= 15 is 0 Å². The van der Waals surface area contributed by atoms with Gasteiger partial charge in [0.2, 0.25) is 10.0 Å². The van der Waals surface area contributed by atoms with Gasteiger partial charge >= 0.3 is 5.97 Å². The van der Waals surface area contributed by atoms with E-state index in [4.69, 9.17) is 5.11 Å². The van der Waals surface area contributed by atoms with Crippen LogP contribution in [0, 0.1) is 0 Å². The number of rotatable bonds is 6. The number of sulfonamides is 1. The Morgan fingerprint density at radius 1 is 1.25 bits per heavy atom. The van der Waals surface area contributed by atoms with Crippen LogP contribution >= 0.6 is 0 Å². The van der Waals surface area contributed by atoms with E-state index in [2.05, 4.69) is 4.72 Å². The quantitative estimate of drug-likeness (QED) is 0.710. The molecule has 2 rings (SSSR count). The molecule has 0 saturated heterocycles. The first-order valence-electron chi connectivity index (χ1n) is 6.32. The monoisotopic (exact) mass is 299 g/mol. The lowest BCUT2D eigenvalue weighted by Crippen LogP contribution is -2.55. The van der Waals surface area contributed by atoms with E-state index < -0.39 is 21.5 Å². The molecule has 6 nitrogen and oxygen atoms in total. The van der Waals surface area contributed by atoms with Crippen LogP contribution in [0.5, 0.6) is 0 Å². The van der Waals surface area contributed by atoms with Crippen LogP contribution in [0.4, 0.5) is 0 Å². The Bertz CT molecular complexity index is 584. The van der Waals surface area contributed by atoms with E-state index in [1.165, 1.54) is 24.3 Å². The standard InChI is InChI=1S/C13H17NO5S/c15-9-13(6-1-7-13)14-20(18,19)11-4-2-10(3-5-11)8-12(16)17/h2-5,14-15H,1,6-9H2,(H,16,17). The average molecular weight is 299 g/mol. The average Bonchev–Trinajstić information content (AvgIpc) is 2.34. The summed E-state index contributed by atoms with van der Waals surface area (Å²) >= 11 is 0. The molecule has 0 spiro atoms. The van der Waals surface area contributed by atoms with Gasteiger partial charge in [-0.2, -0.15) is 0 Å². The number of carbonyl (C=O) groups is 1. The lowest BCUT2D eigenvalue weighted by Gasteiger charge is -2.40. The molecule has 110 valence electrons. The van der Waals surface area contributed by atoms with Crippen LogP contribution in [0.1, 0.15) is 24.8 Å². The fraction of sp³-hybridized carbons (Fsp3) is 0.462. The highest BCUT2D eigenvalue weighted by atomic mass is 32.2. The third-order valence-electron chi connectivity index (χ3n) is 3.55. The summed E-state index contributed by atoms with van der Waals surface area (Å²) in [7, 11) is -3.69. The molecule has 0 unspecified atom stereocenters. The predicted octanol–water partition coefficient (Wildman–Crippen LogP) is 0.507. The summed E-state index contributed by atoms with van der Waals surface area (Å²) in [6.07, 6.45) is 1.99. The maximum Gasteiger partial charge on any atom is 0.307 e. The van der Waals surface area contributed by atoms with Crippen molar-refractivity contribution in [2.75, 3.05) is 6.61 Å². The fourth-order valence-corrected chi connectivity index (χ4v) is 3.65. The molecule has 1 saturated carbocycles. The largest absolute Gasteiger partial charge is 0.481 e. The third-order valence-corrected chi connectivity index (χ3v) is 5.15. The summed E-state index contributed by atoms with van der Waals surface area (Å²) in [4.78, 5) is 10.6. The highest BCUT2D eigenvalue weighted by Crippen LogP contribution is 2.32. The van der Waals surface area contributed by atoms with Crippen molar-refractivity contribution in [3.63, 3.8) is 0 Å². The van der Waals surface area contributed by atoms with Gasteiger partial charge in [0.1, 0.15) is 0 Å². The van der Waals surface area contributed by atoms with Gasteiger partial charge in [-0.3, -0.25) is 4.79 Å². The first-order chi connectivity index (χ1) is 9.37. The van der Waals surface area contributed by atoms with E-state index in [1.54, 1.807) is 0 Å². The zero-order chi connectivity index (χ0) is 14.8. The predicted molar refractivity (Wildman–Crippen MR) is 71.8 cm³/mol. The highest BCUT2D eigenvalue weighted by Gasteiger charge is 2.40. The Morgan fingerprint density at radius 3 is 2.25 bits per heavy atom. The molecule has 1 aromatic rings. The van der Waals surface area contributed by atoms with Gasteiger partial charge in [0.05, 0.1) is 23.5 Å². The Kier molecular flexibility index (Phi) is 4.12. The fourth-order valence-electron chi connectivity index (χ4n) is 2.20. The minimum absolute atomic E-state index is 0.0753. The van der Waals surface area contributed by atoms with Gasteiger partial charge < -0.3 is 10.2 Å². The van der Waals surface area contributed by atoms with Crippen molar-refractivity contribution in [1.82, 2.24) is 4.72 Å². The van der Waals surface area contributed by atoms with Crippen LogP contribution in [0.25, 0.3) is 0 Å². The van der Waals surface area contributed by atoms with E-state index in [0.29, 0.717) is 18.4 Å². The smallest absolute Gasteiger partial charge is 0.307 e. The molecule has 0 aliphatic heterocycles. The van der Waals surface area contributed by atoms with E-state index in [9.17, 15) is 18.3 Å². The number of carboxylic acids is 1. The number of hydrogen-bond donors (Lipinski definition) is 3. The molecular formula is C13H17NO5S. The number of aliphatic hydroxyl groups excluding tert-OH is 1. The number of nitrogens with one attached hydrogen (secondary N) is 1. The van der Waals surface area contributed by atoms with Crippen molar-refractivity contribution < 1.29 is 23.4 Å². The van der Waals surface area contributed by atoms with E-state index in [0.717, 1.165) is 6.42 Å². The van der Waals surface area contributed by atoms with Gasteiger partial charge in [0.15, 0.2) is 0 Å². The lowest BCUT2D eigenvalue weighted by molar-refractivity contribution is -0.136. The van der Waals surface area contributed by atoms with Crippen molar-refractivity contribution in [2.24, 2.45) is 0 Å². The zero-order valence-electron chi connectivity index (χ0n) is 10.9. The second-order valence-electron chi connectivity index (χ2n) is 5.11. The van der Waals surface area contributed by atoms with Gasteiger partial charge in [-0.15, -0.1) is 0 Å². The minimum atomic E-state index is -3.69. The number of benzene rings is 1. The molecule has 3 N–H and O–H groups in total. The Labute approximate surface area is 117 Å². The van der Waals surface area contributed by atoms with Crippen LogP contribution in [-0.2, 0) is 21.2 Å². The molecule has 0 heterocycles. The lowest BCUT2D eigenvalue weighted by atomic mass is 9.78. The van der Waals surface area contributed by atoms with E-state index in [1.807, 2.05) is 0 Å². The van der Waals surface area contributed by atoms with Crippen LogP contribution in [0.3, 0.4) is 0 Å². The molecule has 0 aromatic heterocycles. The Hall–Kier alpha value is -1.44. The number of carboxylic acid groups (broad SMARTS) is 1. The third kappa shape index (κ3) is 3.17. The van der Waals surface area contributed by atoms with Gasteiger partial charge in [-0.25, -0.2) is 13.1 Å². The molecule has 20 heavy (non-hydrogen) atoms. The summed E-state index contributed by atoms with van der Waals surface area (Å²) in [6.45, 7) is -0.219. The van der Waals surface area contributed by atoms with Gasteiger partial charge in [-0.05, 0) is 37.0 Å². The van der Waals surface area contributed by atoms with Gasteiger partial charge in [-0.1, -0.05) is 12.1 Å². The molecule has 0 bridgehead atoms. The molecule has 1 fully saturated rings. The topological polar surface area (TPSA) is 104 Å². The van der Waals surface area contributed by atoms with Crippen LogP contribution in [0.2, 0.25) is 0 Å². The molecule has 0 atom stereocenters. The van der Waals surface area contributed by atoms with Gasteiger partial charge in [0, 0.05) is 0 Å². The minimum Gasteiger partial charge on any atom is -0.481 e. The second-order valence-corrected chi connectivity index (χ2v) is 6.79. The van der Waals surface area contributed by atoms with Crippen LogP contribution < -0.4 is 4.72 Å². The summed E-state index contributed by atoms with van der Waals surface area (Å²) in [5.74, 6) is -0.965. The SMILES string of the molecule is O=C(O)Cc1ccc(S(=O)(=O)NC2(CO)CCC2)cc1. The van der Waals surface area contributed by atoms with Crippen molar-refractivity contribution in [2.45, 2.75) is 36.1 Å². The Balaban J connectivity index is 2.15. The summed E-state index contributed by atoms with van der Waals surface area (Å²) in [6, 6.07) is 5.72. The van der Waals surface area contributed by atoms with Gasteiger partial charge in [0.25, 0.3) is 0 Å². The molecule has 0 radical (unpaired) electrons. The maximum atomic E-state index is 12.2. The molecule has 1 aliphatic carbocycles. The first kappa shape index (κ1) is 15.0. The van der Waals surface area contributed by atoms with Crippen LogP contribution in [0.15, 0.2) is 29.2 Å². The van der Waals surface area contributed by atoms with Crippen molar-refractivity contribution in [3.05, 3.63) is 29.8 Å². The summed E-state index contributed by atoms with van der Waals surface area (Å²) < 4.78 is 26.9. The Morgan fingerprint density at radius 2 is 1.85 bits per heavy atom. The molecule has 1 aromatic carbocycles. The number of aliphatic hydroxyl groups is 1. The molecule has 1 aliphatic rings. The maximum absolute atomic E-state index is 12.2. The first-order valence-corrected chi connectivity index (χ1v) is 7.81. The van der Waals surface area contributed by atoms with E-state index in [-0.39, 0.29) is 17.9 Å². The van der Waals surface area contributed by atoms with Crippen LogP contribution in [-0.4, -0.2) is 36.7 Å². The number of aliphatic carboxylic acids is 1. The molecular weight excluding hydrogens is 282 g/mol. The van der Waals surface area contributed by atoms with Crippen molar-refractivity contribution in [3.8, 4) is 0 Å². The number of hydrogen-bond acceptors (Lipinski definition) is 4. The van der Waals surface area contributed by atoms with Crippen molar-refractivity contribution >= 4 is 16.0 Å². The highest BCUT2D eigenvalue weighted by molar-refractivity contribution is 7.89.